The van der Waals surface area contributed by atoms with Gasteiger partial charge in [-0.2, -0.15) is 0 Å². The molecule has 7 nitrogen and oxygen atoms in total. The first kappa shape index (κ1) is 22.9. The van der Waals surface area contributed by atoms with Crippen LogP contribution in [0.5, 0.6) is 17.2 Å². The second-order valence-electron chi connectivity index (χ2n) is 6.60. The van der Waals surface area contributed by atoms with E-state index in [2.05, 4.69) is 15.0 Å². The molecule has 0 radical (unpaired) electrons. The van der Waals surface area contributed by atoms with Gasteiger partial charge in [0.05, 0.1) is 17.9 Å². The molecule has 0 aliphatic heterocycles. The van der Waals surface area contributed by atoms with Crippen LogP contribution in [0.15, 0.2) is 60.7 Å². The van der Waals surface area contributed by atoms with Crippen LogP contribution in [0.2, 0.25) is 0 Å². The van der Waals surface area contributed by atoms with E-state index >= 15 is 0 Å². The van der Waals surface area contributed by atoms with E-state index < -0.39 is 18.0 Å². The maximum Gasteiger partial charge on any atom is 0.573 e. The van der Waals surface area contributed by atoms with E-state index in [1.807, 2.05) is 0 Å². The zero-order chi connectivity index (χ0) is 23.1. The fourth-order valence-electron chi connectivity index (χ4n) is 2.80. The minimum atomic E-state index is -4.84. The van der Waals surface area contributed by atoms with Crippen molar-refractivity contribution in [3.8, 4) is 17.2 Å². The number of nitrogen functional groups attached to an aromatic ring is 1. The number of nitrogens with two attached hydrogens (primary N) is 1. The Hall–Kier alpha value is -3.79. The molecule has 0 aliphatic carbocycles. The minimum Gasteiger partial charge on any atom is -0.453 e. The highest BCUT2D eigenvalue weighted by Crippen LogP contribution is 2.35. The Labute approximate surface area is 181 Å². The number of carbonyl (C=O) groups excluding carboxylic acids is 1. The highest BCUT2D eigenvalue weighted by atomic mass is 19.4. The summed E-state index contributed by atoms with van der Waals surface area (Å²) in [5.41, 5.74) is 7.33. The lowest BCUT2D eigenvalue weighted by Gasteiger charge is -2.14. The predicted octanol–water partition coefficient (Wildman–Crippen LogP) is 4.43. The number of halogens is 3. The van der Waals surface area contributed by atoms with Crippen molar-refractivity contribution in [3.05, 3.63) is 77.5 Å². The van der Waals surface area contributed by atoms with E-state index in [-0.39, 0.29) is 36.0 Å². The minimum absolute atomic E-state index is 0.0791. The monoisotopic (exact) mass is 447 g/mol. The standard InChI is InChI=1S/C22H20F3N3O4/c1-30-13-15-9-10-17(20(26)28-15)21(29)27-12-14-5-4-6-16(11-14)31-18-7-2-3-8-19(18)32-22(23,24)25/h2-11H,12-13H2,1H3,(H2,26,28)(H,27,29). The van der Waals surface area contributed by atoms with Gasteiger partial charge >= 0.3 is 6.36 Å². The van der Waals surface area contributed by atoms with Crippen LogP contribution in [-0.4, -0.2) is 24.4 Å². The topological polar surface area (TPSA) is 95.7 Å². The molecule has 0 saturated carbocycles. The molecule has 0 atom stereocenters. The summed E-state index contributed by atoms with van der Waals surface area (Å²) in [5, 5.41) is 2.72. The Morgan fingerprint density at radius 3 is 2.50 bits per heavy atom. The van der Waals surface area contributed by atoms with Gasteiger partial charge in [0.1, 0.15) is 11.6 Å². The van der Waals surface area contributed by atoms with Gasteiger partial charge in [-0.15, -0.1) is 13.2 Å². The molecule has 1 heterocycles. The summed E-state index contributed by atoms with van der Waals surface area (Å²) >= 11 is 0. The first-order valence-corrected chi connectivity index (χ1v) is 9.39. The summed E-state index contributed by atoms with van der Waals surface area (Å²) in [5.74, 6) is -0.621. The maximum atomic E-state index is 12.6. The van der Waals surface area contributed by atoms with Gasteiger partial charge in [-0.1, -0.05) is 24.3 Å². The smallest absolute Gasteiger partial charge is 0.453 e. The highest BCUT2D eigenvalue weighted by Gasteiger charge is 2.32. The average Bonchev–Trinajstić information content (AvgIpc) is 2.73. The molecule has 1 aromatic heterocycles. The fraction of sp³-hybridized carbons (Fsp3) is 0.182. The maximum absolute atomic E-state index is 12.6. The summed E-state index contributed by atoms with van der Waals surface area (Å²) in [6.45, 7) is 0.409. The Balaban J connectivity index is 1.67. The molecule has 10 heteroatoms. The van der Waals surface area contributed by atoms with Crippen LogP contribution in [0.4, 0.5) is 19.0 Å². The Kier molecular flexibility index (Phi) is 7.16. The number of hydrogen-bond donors (Lipinski definition) is 2. The van der Waals surface area contributed by atoms with Crippen molar-refractivity contribution in [1.82, 2.24) is 10.3 Å². The lowest BCUT2D eigenvalue weighted by atomic mass is 10.2. The quantitative estimate of drug-likeness (QED) is 0.530. The molecule has 3 aromatic rings. The van der Waals surface area contributed by atoms with Crippen LogP contribution in [0, 0.1) is 0 Å². The number of nitrogens with zero attached hydrogens (tertiary/aromatic N) is 1. The number of aromatic nitrogens is 1. The molecular weight excluding hydrogens is 427 g/mol. The number of rotatable bonds is 8. The first-order valence-electron chi connectivity index (χ1n) is 9.39. The molecule has 0 bridgehead atoms. The van der Waals surface area contributed by atoms with E-state index in [0.717, 1.165) is 6.07 Å². The van der Waals surface area contributed by atoms with E-state index in [1.54, 1.807) is 36.4 Å². The van der Waals surface area contributed by atoms with Crippen LogP contribution in [-0.2, 0) is 17.9 Å². The van der Waals surface area contributed by atoms with Gasteiger partial charge in [-0.05, 0) is 42.0 Å². The molecule has 0 spiro atoms. The molecule has 3 rings (SSSR count). The van der Waals surface area contributed by atoms with Crippen molar-refractivity contribution in [2.75, 3.05) is 12.8 Å². The summed E-state index contributed by atoms with van der Waals surface area (Å²) in [6, 6.07) is 15.2. The molecule has 3 N–H and O–H groups in total. The Morgan fingerprint density at radius 2 is 1.81 bits per heavy atom. The summed E-state index contributed by atoms with van der Waals surface area (Å²) in [4.78, 5) is 16.6. The SMILES string of the molecule is COCc1ccc(C(=O)NCc2cccc(Oc3ccccc3OC(F)(F)F)c2)c(N)n1. The Bertz CT molecular complexity index is 1090. The predicted molar refractivity (Wildman–Crippen MR) is 110 cm³/mol. The van der Waals surface area contributed by atoms with Crippen LogP contribution in [0.3, 0.4) is 0 Å². The van der Waals surface area contributed by atoms with E-state index in [4.69, 9.17) is 15.2 Å². The van der Waals surface area contributed by atoms with Crippen molar-refractivity contribution in [3.63, 3.8) is 0 Å². The summed E-state index contributed by atoms with van der Waals surface area (Å²) in [7, 11) is 1.53. The van der Waals surface area contributed by atoms with Gasteiger partial charge in [-0.3, -0.25) is 4.79 Å². The fourth-order valence-corrected chi connectivity index (χ4v) is 2.80. The second-order valence-corrected chi connectivity index (χ2v) is 6.60. The lowest BCUT2D eigenvalue weighted by molar-refractivity contribution is -0.275. The third-order valence-electron chi connectivity index (χ3n) is 4.17. The molecule has 32 heavy (non-hydrogen) atoms. The molecule has 0 fully saturated rings. The Morgan fingerprint density at radius 1 is 1.06 bits per heavy atom. The number of amides is 1. The third-order valence-corrected chi connectivity index (χ3v) is 4.17. The molecule has 2 aromatic carbocycles. The van der Waals surface area contributed by atoms with Gasteiger partial charge in [0, 0.05) is 13.7 Å². The zero-order valence-corrected chi connectivity index (χ0v) is 17.0. The third kappa shape index (κ3) is 6.35. The van der Waals surface area contributed by atoms with Crippen molar-refractivity contribution in [2.24, 2.45) is 0 Å². The second kappa shape index (κ2) is 10.0. The molecule has 1 amide bonds. The number of anilines is 1. The van der Waals surface area contributed by atoms with Crippen LogP contribution < -0.4 is 20.5 Å². The summed E-state index contributed by atoms with van der Waals surface area (Å²) < 4.78 is 52.3. The van der Waals surface area contributed by atoms with E-state index in [1.165, 1.54) is 25.3 Å². The largest absolute Gasteiger partial charge is 0.573 e. The van der Waals surface area contributed by atoms with E-state index in [9.17, 15) is 18.0 Å². The van der Waals surface area contributed by atoms with Gasteiger partial charge in [-0.25, -0.2) is 4.98 Å². The normalized spacial score (nSPS) is 11.1. The number of ether oxygens (including phenoxy) is 3. The molecule has 168 valence electrons. The number of benzene rings is 2. The number of carbonyl (C=O) groups is 1. The first-order chi connectivity index (χ1) is 15.2. The van der Waals surface area contributed by atoms with Crippen molar-refractivity contribution >= 4 is 11.7 Å². The van der Waals surface area contributed by atoms with Crippen molar-refractivity contribution in [2.45, 2.75) is 19.5 Å². The van der Waals surface area contributed by atoms with Crippen molar-refractivity contribution < 1.29 is 32.2 Å². The zero-order valence-electron chi connectivity index (χ0n) is 17.0. The molecule has 0 unspecified atom stereocenters. The summed E-state index contributed by atoms with van der Waals surface area (Å²) in [6.07, 6.45) is -4.84. The average molecular weight is 447 g/mol. The van der Waals surface area contributed by atoms with Gasteiger partial charge in [0.15, 0.2) is 11.5 Å². The van der Waals surface area contributed by atoms with Crippen LogP contribution in [0.1, 0.15) is 21.6 Å². The number of methoxy groups -OCH3 is 1. The molecule has 0 saturated heterocycles. The van der Waals surface area contributed by atoms with E-state index in [0.29, 0.717) is 11.3 Å². The van der Waals surface area contributed by atoms with Crippen LogP contribution in [0.25, 0.3) is 0 Å². The van der Waals surface area contributed by atoms with Gasteiger partial charge < -0.3 is 25.3 Å². The number of nitrogens with one attached hydrogen (secondary N) is 1. The van der Waals surface area contributed by atoms with Gasteiger partial charge in [0.25, 0.3) is 5.91 Å². The van der Waals surface area contributed by atoms with Crippen molar-refractivity contribution in [1.29, 1.82) is 0 Å². The number of hydrogen-bond acceptors (Lipinski definition) is 6. The number of alkyl halides is 3. The lowest BCUT2D eigenvalue weighted by Crippen LogP contribution is -2.24. The number of para-hydroxylation sites is 2. The van der Waals surface area contributed by atoms with Crippen LogP contribution >= 0.6 is 0 Å². The number of pyridine rings is 1. The van der Waals surface area contributed by atoms with Gasteiger partial charge in [0.2, 0.25) is 0 Å². The molecule has 0 aliphatic rings. The highest BCUT2D eigenvalue weighted by molar-refractivity contribution is 5.98. The molecular formula is C22H20F3N3O4.